The molecule has 1 heterocycles. The molecule has 1 N–H and O–H groups in total. The second kappa shape index (κ2) is 8.08. The second-order valence-electron chi connectivity index (χ2n) is 6.92. The number of carbonyl (C=O) groups excluding carboxylic acids is 4. The number of likely N-dealkylation sites (tertiary alicyclic amines) is 1. The molecule has 0 unspecified atom stereocenters. The summed E-state index contributed by atoms with van der Waals surface area (Å²) in [5.41, 5.74) is -0.399. The number of hydrogen-bond acceptors (Lipinski definition) is 4. The van der Waals surface area contributed by atoms with Crippen LogP contribution >= 0.6 is 0 Å². The standard InChI is InChI=1S/C16H27N3O4/c1-12(20)15(23)19(11-13(21)17-16(2,3)4)10-6-9-18-8-5-7-14(18)22/h5-11H2,1-4H3,(H,17,21). The van der Waals surface area contributed by atoms with Crippen molar-refractivity contribution >= 4 is 23.5 Å². The molecule has 0 aromatic heterocycles. The van der Waals surface area contributed by atoms with Crippen LogP contribution in [0.2, 0.25) is 0 Å². The van der Waals surface area contributed by atoms with Crippen LogP contribution in [-0.4, -0.2) is 65.0 Å². The highest BCUT2D eigenvalue weighted by Crippen LogP contribution is 2.10. The van der Waals surface area contributed by atoms with E-state index in [1.165, 1.54) is 11.8 Å². The molecule has 0 atom stereocenters. The van der Waals surface area contributed by atoms with Gasteiger partial charge in [-0.25, -0.2) is 0 Å². The first-order valence-electron chi connectivity index (χ1n) is 7.99. The highest BCUT2D eigenvalue weighted by Gasteiger charge is 2.24. The lowest BCUT2D eigenvalue weighted by Crippen LogP contribution is -2.48. The summed E-state index contributed by atoms with van der Waals surface area (Å²) in [5.74, 6) is -1.43. The first kappa shape index (κ1) is 19.1. The van der Waals surface area contributed by atoms with Gasteiger partial charge in [-0.3, -0.25) is 19.2 Å². The number of hydrogen-bond donors (Lipinski definition) is 1. The Bertz CT molecular complexity index is 482. The lowest BCUT2D eigenvalue weighted by atomic mass is 10.1. The first-order valence-corrected chi connectivity index (χ1v) is 7.99. The summed E-state index contributed by atoms with van der Waals surface area (Å²) in [7, 11) is 0. The SMILES string of the molecule is CC(=O)C(=O)N(CCCN1CCCC1=O)CC(=O)NC(C)(C)C. The molecule has 0 spiro atoms. The average Bonchev–Trinajstić information content (AvgIpc) is 2.80. The quantitative estimate of drug-likeness (QED) is 0.684. The minimum Gasteiger partial charge on any atom is -0.350 e. The molecule has 0 radical (unpaired) electrons. The highest BCUT2D eigenvalue weighted by atomic mass is 16.2. The minimum absolute atomic E-state index is 0.125. The van der Waals surface area contributed by atoms with E-state index in [1.54, 1.807) is 4.90 Å². The van der Waals surface area contributed by atoms with Crippen molar-refractivity contribution in [1.82, 2.24) is 15.1 Å². The fraction of sp³-hybridized carbons (Fsp3) is 0.750. The van der Waals surface area contributed by atoms with Crippen LogP contribution in [-0.2, 0) is 19.2 Å². The maximum atomic E-state index is 12.0. The van der Waals surface area contributed by atoms with E-state index in [4.69, 9.17) is 0 Å². The summed E-state index contributed by atoms with van der Waals surface area (Å²) in [6.07, 6.45) is 1.99. The van der Waals surface area contributed by atoms with Crippen molar-refractivity contribution in [2.75, 3.05) is 26.2 Å². The molecule has 0 aliphatic carbocycles. The Balaban J connectivity index is 2.55. The van der Waals surface area contributed by atoms with Crippen LogP contribution in [0.25, 0.3) is 0 Å². The number of Topliss-reactive ketones (excluding diaryl/α,β-unsaturated/α-hetero) is 1. The zero-order valence-electron chi connectivity index (χ0n) is 14.5. The van der Waals surface area contributed by atoms with E-state index in [9.17, 15) is 19.2 Å². The lowest BCUT2D eigenvalue weighted by molar-refractivity contribution is -0.145. The molecule has 7 nitrogen and oxygen atoms in total. The summed E-state index contributed by atoms with van der Waals surface area (Å²) in [5, 5.41) is 2.77. The van der Waals surface area contributed by atoms with Crippen molar-refractivity contribution < 1.29 is 19.2 Å². The van der Waals surface area contributed by atoms with Crippen molar-refractivity contribution in [3.8, 4) is 0 Å². The van der Waals surface area contributed by atoms with E-state index in [0.29, 0.717) is 19.4 Å². The second-order valence-corrected chi connectivity index (χ2v) is 6.92. The summed E-state index contributed by atoms with van der Waals surface area (Å²) in [4.78, 5) is 49.8. The fourth-order valence-electron chi connectivity index (χ4n) is 2.50. The van der Waals surface area contributed by atoms with Crippen LogP contribution in [0.1, 0.15) is 47.0 Å². The van der Waals surface area contributed by atoms with Gasteiger partial charge in [-0.15, -0.1) is 0 Å². The molecule has 7 heteroatoms. The third kappa shape index (κ3) is 6.80. The van der Waals surface area contributed by atoms with Crippen LogP contribution in [0.4, 0.5) is 0 Å². The monoisotopic (exact) mass is 325 g/mol. The van der Waals surface area contributed by atoms with E-state index in [0.717, 1.165) is 13.0 Å². The van der Waals surface area contributed by atoms with Gasteiger partial charge < -0.3 is 15.1 Å². The molecule has 0 bridgehead atoms. The number of carbonyl (C=O) groups is 4. The molecule has 1 fully saturated rings. The lowest BCUT2D eigenvalue weighted by Gasteiger charge is -2.26. The van der Waals surface area contributed by atoms with E-state index < -0.39 is 17.2 Å². The van der Waals surface area contributed by atoms with E-state index >= 15 is 0 Å². The van der Waals surface area contributed by atoms with Crippen LogP contribution < -0.4 is 5.32 Å². The van der Waals surface area contributed by atoms with Gasteiger partial charge in [-0.05, 0) is 33.6 Å². The maximum absolute atomic E-state index is 12.0. The highest BCUT2D eigenvalue weighted by molar-refractivity contribution is 6.35. The first-order chi connectivity index (χ1) is 10.6. The molecule has 1 aliphatic heterocycles. The Hall–Kier alpha value is -1.92. The van der Waals surface area contributed by atoms with E-state index in [1.807, 2.05) is 20.8 Å². The number of nitrogens with one attached hydrogen (secondary N) is 1. The Morgan fingerprint density at radius 1 is 1.26 bits per heavy atom. The summed E-state index contributed by atoms with van der Waals surface area (Å²) >= 11 is 0. The molecule has 0 aromatic carbocycles. The number of rotatable bonds is 7. The summed E-state index contributed by atoms with van der Waals surface area (Å²) in [6.45, 7) is 8.15. The molecular formula is C16H27N3O4. The Labute approximate surface area is 137 Å². The van der Waals surface area contributed by atoms with Gasteiger partial charge in [0.1, 0.15) is 0 Å². The third-order valence-corrected chi connectivity index (χ3v) is 3.46. The molecule has 23 heavy (non-hydrogen) atoms. The predicted octanol–water partition coefficient (Wildman–Crippen LogP) is 0.331. The summed E-state index contributed by atoms with van der Waals surface area (Å²) < 4.78 is 0. The Kier molecular flexibility index (Phi) is 6.72. The van der Waals surface area contributed by atoms with Gasteiger partial charge in [0, 0.05) is 38.5 Å². The third-order valence-electron chi connectivity index (χ3n) is 3.46. The predicted molar refractivity (Wildman–Crippen MR) is 85.6 cm³/mol. The van der Waals surface area contributed by atoms with E-state index in [2.05, 4.69) is 5.32 Å². The molecule has 0 saturated carbocycles. The summed E-state index contributed by atoms with van der Waals surface area (Å²) in [6, 6.07) is 0. The fourth-order valence-corrected chi connectivity index (χ4v) is 2.50. The zero-order chi connectivity index (χ0) is 17.6. The van der Waals surface area contributed by atoms with Crippen molar-refractivity contribution in [1.29, 1.82) is 0 Å². The van der Waals surface area contributed by atoms with Gasteiger partial charge in [-0.1, -0.05) is 0 Å². The van der Waals surface area contributed by atoms with Crippen LogP contribution in [0.15, 0.2) is 0 Å². The number of ketones is 1. The van der Waals surface area contributed by atoms with Gasteiger partial charge in [0.05, 0.1) is 6.54 Å². The van der Waals surface area contributed by atoms with Crippen LogP contribution in [0.3, 0.4) is 0 Å². The van der Waals surface area contributed by atoms with Crippen LogP contribution in [0.5, 0.6) is 0 Å². The average molecular weight is 325 g/mol. The Morgan fingerprint density at radius 2 is 1.91 bits per heavy atom. The number of nitrogens with zero attached hydrogens (tertiary/aromatic N) is 2. The molecule has 1 rings (SSSR count). The van der Waals surface area contributed by atoms with Crippen molar-refractivity contribution in [3.63, 3.8) is 0 Å². The number of amides is 3. The van der Waals surface area contributed by atoms with Crippen LogP contribution in [0, 0.1) is 0 Å². The maximum Gasteiger partial charge on any atom is 0.290 e. The molecule has 1 saturated heterocycles. The molecule has 3 amide bonds. The minimum atomic E-state index is -0.665. The van der Waals surface area contributed by atoms with Gasteiger partial charge in [0.2, 0.25) is 17.6 Å². The smallest absolute Gasteiger partial charge is 0.290 e. The largest absolute Gasteiger partial charge is 0.350 e. The molecule has 1 aliphatic rings. The zero-order valence-corrected chi connectivity index (χ0v) is 14.5. The van der Waals surface area contributed by atoms with Gasteiger partial charge in [-0.2, -0.15) is 0 Å². The topological polar surface area (TPSA) is 86.8 Å². The Morgan fingerprint density at radius 3 is 2.39 bits per heavy atom. The van der Waals surface area contributed by atoms with Crippen molar-refractivity contribution in [2.45, 2.75) is 52.5 Å². The van der Waals surface area contributed by atoms with E-state index in [-0.39, 0.29) is 24.9 Å². The van der Waals surface area contributed by atoms with Gasteiger partial charge in [0.15, 0.2) is 0 Å². The van der Waals surface area contributed by atoms with Crippen molar-refractivity contribution in [2.24, 2.45) is 0 Å². The van der Waals surface area contributed by atoms with Gasteiger partial charge >= 0.3 is 0 Å². The van der Waals surface area contributed by atoms with Crippen molar-refractivity contribution in [3.05, 3.63) is 0 Å². The van der Waals surface area contributed by atoms with Gasteiger partial charge in [0.25, 0.3) is 5.91 Å². The molecule has 0 aromatic rings. The normalized spacial score (nSPS) is 14.8. The molecular weight excluding hydrogens is 298 g/mol. The molecule has 130 valence electrons.